The number of nitriles is 3. The highest BCUT2D eigenvalue weighted by Gasteiger charge is 2.33. The van der Waals surface area contributed by atoms with E-state index in [1.54, 1.807) is 0 Å². The summed E-state index contributed by atoms with van der Waals surface area (Å²) < 4.78 is 21.0. The third-order valence-electron chi connectivity index (χ3n) is 3.40. The Morgan fingerprint density at radius 2 is 1.25 bits per heavy atom. The Morgan fingerprint density at radius 3 is 1.61 bits per heavy atom. The van der Waals surface area contributed by atoms with Crippen LogP contribution >= 0.6 is 0 Å². The first-order chi connectivity index (χ1) is 13.5. The van der Waals surface area contributed by atoms with E-state index in [1.165, 1.54) is 7.11 Å². The van der Waals surface area contributed by atoms with Gasteiger partial charge in [0.2, 0.25) is 5.91 Å². The highest BCUT2D eigenvalue weighted by molar-refractivity contribution is 5.81. The average Bonchev–Trinajstić information content (AvgIpc) is 2.70. The number of carbonyl (C=O) groups excluding carboxylic acids is 2. The van der Waals surface area contributed by atoms with Gasteiger partial charge in [0.1, 0.15) is 5.54 Å². The molecule has 10 heteroatoms. The Morgan fingerprint density at radius 1 is 0.821 bits per heavy atom. The molecule has 154 valence electrons. The van der Waals surface area contributed by atoms with Crippen LogP contribution in [0.5, 0.6) is 0 Å². The second kappa shape index (κ2) is 16.5. The maximum atomic E-state index is 12.3. The first-order valence-corrected chi connectivity index (χ1v) is 8.75. The number of nitrogens with one attached hydrogen (secondary N) is 1. The maximum absolute atomic E-state index is 12.3. The molecule has 0 aliphatic carbocycles. The second-order valence-corrected chi connectivity index (χ2v) is 5.79. The summed E-state index contributed by atoms with van der Waals surface area (Å²) in [5.41, 5.74) is -1.09. The van der Waals surface area contributed by atoms with E-state index in [9.17, 15) is 9.59 Å². The lowest BCUT2D eigenvalue weighted by atomic mass is 10.0. The minimum absolute atomic E-state index is 0.00223. The second-order valence-electron chi connectivity index (χ2n) is 5.79. The Balaban J connectivity index is 5.07. The van der Waals surface area contributed by atoms with Crippen molar-refractivity contribution in [3.63, 3.8) is 0 Å². The van der Waals surface area contributed by atoms with E-state index in [-0.39, 0.29) is 71.7 Å². The molecule has 0 bridgehead atoms. The van der Waals surface area contributed by atoms with Gasteiger partial charge >= 0.3 is 5.97 Å². The fourth-order valence-corrected chi connectivity index (χ4v) is 2.07. The number of amides is 1. The van der Waals surface area contributed by atoms with Crippen molar-refractivity contribution in [2.24, 2.45) is 0 Å². The minimum atomic E-state index is -1.09. The predicted molar refractivity (Wildman–Crippen MR) is 95.3 cm³/mol. The zero-order chi connectivity index (χ0) is 21.1. The number of rotatable bonds is 16. The third kappa shape index (κ3) is 12.6. The van der Waals surface area contributed by atoms with Crippen molar-refractivity contribution < 1.29 is 28.5 Å². The van der Waals surface area contributed by atoms with Gasteiger partial charge in [0, 0.05) is 6.42 Å². The van der Waals surface area contributed by atoms with Crippen LogP contribution in [0.2, 0.25) is 0 Å². The van der Waals surface area contributed by atoms with Gasteiger partial charge < -0.3 is 24.3 Å². The third-order valence-corrected chi connectivity index (χ3v) is 3.40. The van der Waals surface area contributed by atoms with E-state index in [1.807, 2.05) is 18.2 Å². The van der Waals surface area contributed by atoms with Crippen molar-refractivity contribution in [1.82, 2.24) is 5.32 Å². The van der Waals surface area contributed by atoms with Gasteiger partial charge in [0.25, 0.3) is 0 Å². The molecule has 0 aliphatic heterocycles. The molecular formula is C18H26N4O6. The molecule has 0 fully saturated rings. The summed E-state index contributed by atoms with van der Waals surface area (Å²) in [7, 11) is 1.24. The average molecular weight is 394 g/mol. The number of hydrogen-bond donors (Lipinski definition) is 1. The van der Waals surface area contributed by atoms with Crippen LogP contribution in [0, 0.1) is 34.0 Å². The van der Waals surface area contributed by atoms with Crippen molar-refractivity contribution in [1.29, 1.82) is 15.8 Å². The lowest BCUT2D eigenvalue weighted by molar-refractivity contribution is -0.142. The molecule has 0 aromatic heterocycles. The smallest absolute Gasteiger partial charge is 0.306 e. The van der Waals surface area contributed by atoms with Crippen LogP contribution in [0.3, 0.4) is 0 Å². The molecule has 0 aromatic rings. The molecule has 0 radical (unpaired) electrons. The minimum Gasteiger partial charge on any atom is -0.469 e. The number of hydrogen-bond acceptors (Lipinski definition) is 9. The number of carbonyl (C=O) groups is 2. The zero-order valence-corrected chi connectivity index (χ0v) is 16.1. The SMILES string of the molecule is COC(=O)CCC(=O)NC(COCCC#N)(COCCC#N)COCCC#N. The summed E-state index contributed by atoms with van der Waals surface area (Å²) in [4.78, 5) is 23.5. The van der Waals surface area contributed by atoms with Crippen molar-refractivity contribution in [3.8, 4) is 18.2 Å². The molecule has 1 amide bonds. The van der Waals surface area contributed by atoms with E-state index >= 15 is 0 Å². The molecule has 0 rings (SSSR count). The summed E-state index contributed by atoms with van der Waals surface area (Å²) in [6.45, 7) is 0.471. The molecule has 0 spiro atoms. The van der Waals surface area contributed by atoms with Crippen LogP contribution in [-0.4, -0.2) is 64.2 Å². The van der Waals surface area contributed by atoms with Crippen LogP contribution in [0.1, 0.15) is 32.1 Å². The summed E-state index contributed by atoms with van der Waals surface area (Å²) in [6, 6.07) is 5.87. The maximum Gasteiger partial charge on any atom is 0.306 e. The van der Waals surface area contributed by atoms with Gasteiger partial charge in [-0.15, -0.1) is 0 Å². The van der Waals surface area contributed by atoms with Gasteiger partial charge in [-0.1, -0.05) is 0 Å². The van der Waals surface area contributed by atoms with Gasteiger partial charge in [0.05, 0.1) is 90.6 Å². The quantitative estimate of drug-likeness (QED) is 0.292. The number of nitrogens with zero attached hydrogens (tertiary/aromatic N) is 3. The molecule has 1 N–H and O–H groups in total. The Labute approximate surface area is 164 Å². The topological polar surface area (TPSA) is 154 Å². The van der Waals surface area contributed by atoms with Gasteiger partial charge in [-0.3, -0.25) is 9.59 Å². The van der Waals surface area contributed by atoms with Crippen LogP contribution in [-0.2, 0) is 28.5 Å². The highest BCUT2D eigenvalue weighted by atomic mass is 16.5. The fraction of sp³-hybridized carbons (Fsp3) is 0.722. The number of methoxy groups -OCH3 is 1. The molecule has 10 nitrogen and oxygen atoms in total. The normalized spacial score (nSPS) is 10.4. The van der Waals surface area contributed by atoms with Crippen LogP contribution in [0.4, 0.5) is 0 Å². The van der Waals surface area contributed by atoms with E-state index in [2.05, 4.69) is 10.1 Å². The first-order valence-electron chi connectivity index (χ1n) is 8.75. The molecule has 0 unspecified atom stereocenters. The van der Waals surface area contributed by atoms with Gasteiger partial charge in [0.15, 0.2) is 0 Å². The lowest BCUT2D eigenvalue weighted by Crippen LogP contribution is -2.58. The van der Waals surface area contributed by atoms with E-state index < -0.39 is 17.4 Å². The molecule has 0 heterocycles. The van der Waals surface area contributed by atoms with Crippen molar-refractivity contribution in [3.05, 3.63) is 0 Å². The molecule has 0 atom stereocenters. The molecule has 0 aliphatic rings. The molecule has 0 saturated heterocycles. The number of ether oxygens (including phenoxy) is 4. The summed E-state index contributed by atoms with van der Waals surface area (Å²) >= 11 is 0. The van der Waals surface area contributed by atoms with E-state index in [0.717, 1.165) is 0 Å². The number of esters is 1. The largest absolute Gasteiger partial charge is 0.469 e. The molecule has 0 saturated carbocycles. The fourth-order valence-electron chi connectivity index (χ4n) is 2.07. The Bertz CT molecular complexity index is 535. The van der Waals surface area contributed by atoms with E-state index in [4.69, 9.17) is 30.0 Å². The van der Waals surface area contributed by atoms with E-state index in [0.29, 0.717) is 0 Å². The standard InChI is InChI=1S/C18H26N4O6/c1-25-17(24)6-5-16(23)22-18(13-26-10-2-7-19,14-27-11-3-8-20)15-28-12-4-9-21/h2-6,10-15H2,1H3,(H,22,23). The van der Waals surface area contributed by atoms with Gasteiger partial charge in [-0.25, -0.2) is 0 Å². The van der Waals surface area contributed by atoms with Crippen LogP contribution in [0.15, 0.2) is 0 Å². The zero-order valence-electron chi connectivity index (χ0n) is 16.1. The first kappa shape index (κ1) is 25.3. The van der Waals surface area contributed by atoms with Crippen molar-refractivity contribution in [2.75, 3.05) is 46.8 Å². The summed E-state index contributed by atoms with van der Waals surface area (Å²) in [5.74, 6) is -0.941. The predicted octanol–water partition coefficient (Wildman–Crippen LogP) is 0.585. The van der Waals surface area contributed by atoms with Gasteiger partial charge in [-0.2, -0.15) is 15.8 Å². The highest BCUT2D eigenvalue weighted by Crippen LogP contribution is 2.11. The summed E-state index contributed by atoms with van der Waals surface area (Å²) in [5, 5.41) is 28.7. The van der Waals surface area contributed by atoms with Crippen LogP contribution < -0.4 is 5.32 Å². The van der Waals surface area contributed by atoms with Crippen molar-refractivity contribution in [2.45, 2.75) is 37.6 Å². The summed E-state index contributed by atoms with van der Waals surface area (Å²) in [6.07, 6.45) is 0.353. The van der Waals surface area contributed by atoms with Crippen molar-refractivity contribution >= 4 is 11.9 Å². The Hall–Kier alpha value is -2.71. The van der Waals surface area contributed by atoms with Gasteiger partial charge in [-0.05, 0) is 0 Å². The molecular weight excluding hydrogens is 368 g/mol. The Kier molecular flexibility index (Phi) is 14.9. The molecule has 28 heavy (non-hydrogen) atoms. The monoisotopic (exact) mass is 394 g/mol. The van der Waals surface area contributed by atoms with Crippen LogP contribution in [0.25, 0.3) is 0 Å². The lowest BCUT2D eigenvalue weighted by Gasteiger charge is -2.34. The molecule has 0 aromatic carbocycles.